The standard InChI is InChI=1S/C20H25NO6S/c1-3-9-27-19-8-7-17(11-18(19)22)14-21(28(2,25)26)13-16-6-4-5-15(10-16)12-20(23)24/h4-8,10-11,22H,3,9,12-14H2,1-2H3,(H,23,24). The van der Waals surface area contributed by atoms with Crippen LogP contribution in [0.5, 0.6) is 11.5 Å². The van der Waals surface area contributed by atoms with E-state index in [2.05, 4.69) is 0 Å². The van der Waals surface area contributed by atoms with Crippen molar-refractivity contribution in [3.63, 3.8) is 0 Å². The van der Waals surface area contributed by atoms with Crippen molar-refractivity contribution in [2.45, 2.75) is 32.9 Å². The smallest absolute Gasteiger partial charge is 0.307 e. The monoisotopic (exact) mass is 407 g/mol. The molecule has 2 aromatic carbocycles. The predicted molar refractivity (Wildman–Crippen MR) is 106 cm³/mol. The van der Waals surface area contributed by atoms with Crippen LogP contribution in [0.25, 0.3) is 0 Å². The highest BCUT2D eigenvalue weighted by atomic mass is 32.2. The van der Waals surface area contributed by atoms with Crippen molar-refractivity contribution in [3.05, 3.63) is 59.2 Å². The molecule has 0 aromatic heterocycles. The van der Waals surface area contributed by atoms with Crippen molar-refractivity contribution >= 4 is 16.0 Å². The summed E-state index contributed by atoms with van der Waals surface area (Å²) in [6, 6.07) is 11.7. The van der Waals surface area contributed by atoms with Gasteiger partial charge in [0.05, 0.1) is 19.3 Å². The van der Waals surface area contributed by atoms with E-state index in [1.54, 1.807) is 36.4 Å². The zero-order valence-corrected chi connectivity index (χ0v) is 16.8. The lowest BCUT2D eigenvalue weighted by Gasteiger charge is -2.21. The van der Waals surface area contributed by atoms with Crippen LogP contribution in [-0.4, -0.2) is 41.8 Å². The van der Waals surface area contributed by atoms with E-state index in [1.807, 2.05) is 6.92 Å². The van der Waals surface area contributed by atoms with Gasteiger partial charge in [-0.1, -0.05) is 37.3 Å². The third kappa shape index (κ3) is 6.54. The Balaban J connectivity index is 2.19. The fraction of sp³-hybridized carbons (Fsp3) is 0.350. The first-order valence-electron chi connectivity index (χ1n) is 8.88. The number of benzene rings is 2. The Hall–Kier alpha value is -2.58. The summed E-state index contributed by atoms with van der Waals surface area (Å²) in [4.78, 5) is 10.9. The van der Waals surface area contributed by atoms with Crippen LogP contribution < -0.4 is 4.74 Å². The number of hydrogen-bond acceptors (Lipinski definition) is 5. The lowest BCUT2D eigenvalue weighted by Crippen LogP contribution is -2.29. The number of aliphatic carboxylic acids is 1. The maximum absolute atomic E-state index is 12.2. The highest BCUT2D eigenvalue weighted by Crippen LogP contribution is 2.28. The second kappa shape index (κ2) is 9.57. The molecular weight excluding hydrogens is 382 g/mol. The largest absolute Gasteiger partial charge is 0.504 e. The Kier molecular flexibility index (Phi) is 7.42. The molecule has 0 amide bonds. The van der Waals surface area contributed by atoms with Crippen molar-refractivity contribution in [2.75, 3.05) is 12.9 Å². The van der Waals surface area contributed by atoms with Gasteiger partial charge in [-0.05, 0) is 35.2 Å². The first-order chi connectivity index (χ1) is 13.2. The van der Waals surface area contributed by atoms with E-state index in [0.29, 0.717) is 29.0 Å². The van der Waals surface area contributed by atoms with Gasteiger partial charge < -0.3 is 14.9 Å². The minimum Gasteiger partial charge on any atom is -0.504 e. The second-order valence-electron chi connectivity index (χ2n) is 6.57. The summed E-state index contributed by atoms with van der Waals surface area (Å²) in [7, 11) is -3.53. The summed E-state index contributed by atoms with van der Waals surface area (Å²) in [6.45, 7) is 2.61. The molecule has 0 saturated carbocycles. The summed E-state index contributed by atoms with van der Waals surface area (Å²) < 4.78 is 31.2. The summed E-state index contributed by atoms with van der Waals surface area (Å²) in [6.07, 6.45) is 1.80. The number of rotatable bonds is 10. The summed E-state index contributed by atoms with van der Waals surface area (Å²) in [5, 5.41) is 19.0. The molecule has 2 rings (SSSR count). The van der Waals surface area contributed by atoms with Crippen molar-refractivity contribution in [1.82, 2.24) is 4.31 Å². The molecule has 0 spiro atoms. The molecule has 8 heteroatoms. The number of phenolic OH excluding ortho intramolecular Hbond substituents is 1. The van der Waals surface area contributed by atoms with Gasteiger partial charge in [0.25, 0.3) is 0 Å². The number of carboxylic acids is 1. The van der Waals surface area contributed by atoms with E-state index in [9.17, 15) is 18.3 Å². The fourth-order valence-corrected chi connectivity index (χ4v) is 3.47. The first kappa shape index (κ1) is 21.7. The molecule has 0 bridgehead atoms. The van der Waals surface area contributed by atoms with Gasteiger partial charge in [0.15, 0.2) is 11.5 Å². The fourth-order valence-electron chi connectivity index (χ4n) is 2.71. The zero-order chi connectivity index (χ0) is 20.7. The van der Waals surface area contributed by atoms with Crippen LogP contribution in [0.3, 0.4) is 0 Å². The van der Waals surface area contributed by atoms with Gasteiger partial charge in [-0.25, -0.2) is 8.42 Å². The predicted octanol–water partition coefficient (Wildman–Crippen LogP) is 2.77. The molecule has 0 aliphatic rings. The molecule has 0 aliphatic heterocycles. The van der Waals surface area contributed by atoms with Crippen LogP contribution in [-0.2, 0) is 34.3 Å². The molecular formula is C20H25NO6S. The van der Waals surface area contributed by atoms with Crippen LogP contribution in [0.1, 0.15) is 30.0 Å². The number of sulfonamides is 1. The highest BCUT2D eigenvalue weighted by molar-refractivity contribution is 7.88. The second-order valence-corrected chi connectivity index (χ2v) is 8.55. The Bertz CT molecular complexity index is 926. The maximum atomic E-state index is 12.2. The molecule has 2 N–H and O–H groups in total. The van der Waals surface area contributed by atoms with Crippen LogP contribution in [0, 0.1) is 0 Å². The maximum Gasteiger partial charge on any atom is 0.307 e. The van der Waals surface area contributed by atoms with E-state index in [0.717, 1.165) is 12.7 Å². The van der Waals surface area contributed by atoms with Crippen LogP contribution >= 0.6 is 0 Å². The molecule has 28 heavy (non-hydrogen) atoms. The van der Waals surface area contributed by atoms with Crippen LogP contribution in [0.15, 0.2) is 42.5 Å². The minimum absolute atomic E-state index is 0.0390. The van der Waals surface area contributed by atoms with E-state index < -0.39 is 16.0 Å². The van der Waals surface area contributed by atoms with Gasteiger partial charge in [0.2, 0.25) is 10.0 Å². The van der Waals surface area contributed by atoms with E-state index in [4.69, 9.17) is 9.84 Å². The van der Waals surface area contributed by atoms with Crippen molar-refractivity contribution in [3.8, 4) is 11.5 Å². The lowest BCUT2D eigenvalue weighted by molar-refractivity contribution is -0.136. The summed E-state index contributed by atoms with van der Waals surface area (Å²) >= 11 is 0. The third-order valence-electron chi connectivity index (χ3n) is 4.02. The number of carbonyl (C=O) groups is 1. The molecule has 0 atom stereocenters. The number of carboxylic acid groups (broad SMARTS) is 1. The Labute approximate surface area is 165 Å². The molecule has 0 fully saturated rings. The minimum atomic E-state index is -3.53. The molecule has 0 heterocycles. The molecule has 0 radical (unpaired) electrons. The molecule has 7 nitrogen and oxygen atoms in total. The van der Waals surface area contributed by atoms with Gasteiger partial charge in [-0.3, -0.25) is 4.79 Å². The summed E-state index contributed by atoms with van der Waals surface area (Å²) in [5.74, 6) is -0.626. The molecule has 0 aliphatic carbocycles. The number of ether oxygens (including phenoxy) is 1. The van der Waals surface area contributed by atoms with Crippen molar-refractivity contribution < 1.29 is 28.2 Å². The average Bonchev–Trinajstić information content (AvgIpc) is 2.59. The van der Waals surface area contributed by atoms with E-state index in [1.165, 1.54) is 10.4 Å². The van der Waals surface area contributed by atoms with Gasteiger partial charge in [-0.15, -0.1) is 0 Å². The zero-order valence-electron chi connectivity index (χ0n) is 16.0. The summed E-state index contributed by atoms with van der Waals surface area (Å²) in [5.41, 5.74) is 1.92. The first-order valence-corrected chi connectivity index (χ1v) is 10.7. The molecule has 152 valence electrons. The van der Waals surface area contributed by atoms with Gasteiger partial charge in [-0.2, -0.15) is 4.31 Å². The van der Waals surface area contributed by atoms with Crippen molar-refractivity contribution in [2.24, 2.45) is 0 Å². The topological polar surface area (TPSA) is 104 Å². The molecule has 0 saturated heterocycles. The quantitative estimate of drug-likeness (QED) is 0.628. The van der Waals surface area contributed by atoms with Crippen LogP contribution in [0.4, 0.5) is 0 Å². The SMILES string of the molecule is CCCOc1ccc(CN(Cc2cccc(CC(=O)O)c2)S(C)(=O)=O)cc1O. The number of phenols is 1. The van der Waals surface area contributed by atoms with E-state index >= 15 is 0 Å². The average molecular weight is 407 g/mol. The van der Waals surface area contributed by atoms with Gasteiger partial charge in [0, 0.05) is 13.1 Å². The molecule has 2 aromatic rings. The van der Waals surface area contributed by atoms with Crippen molar-refractivity contribution in [1.29, 1.82) is 0 Å². The van der Waals surface area contributed by atoms with E-state index in [-0.39, 0.29) is 25.3 Å². The lowest BCUT2D eigenvalue weighted by atomic mass is 10.1. The number of hydrogen-bond donors (Lipinski definition) is 2. The number of nitrogens with zero attached hydrogens (tertiary/aromatic N) is 1. The number of aromatic hydroxyl groups is 1. The Morgan fingerprint density at radius 3 is 2.29 bits per heavy atom. The van der Waals surface area contributed by atoms with Gasteiger partial charge >= 0.3 is 5.97 Å². The highest BCUT2D eigenvalue weighted by Gasteiger charge is 2.19. The molecule has 0 unspecified atom stereocenters. The normalized spacial score (nSPS) is 11.5. The Morgan fingerprint density at radius 2 is 1.71 bits per heavy atom. The Morgan fingerprint density at radius 1 is 1.07 bits per heavy atom. The third-order valence-corrected chi connectivity index (χ3v) is 5.21. The van der Waals surface area contributed by atoms with Crippen LogP contribution in [0.2, 0.25) is 0 Å². The van der Waals surface area contributed by atoms with Gasteiger partial charge in [0.1, 0.15) is 0 Å².